The first kappa shape index (κ1) is 79.9. The molecule has 14 aliphatic rings. The van der Waals surface area contributed by atoms with E-state index < -0.39 is 0 Å². The summed E-state index contributed by atoms with van der Waals surface area (Å²) in [5.41, 5.74) is 2.17. The van der Waals surface area contributed by atoms with Gasteiger partial charge in [0, 0.05) is 235 Å². The Morgan fingerprint density at radius 1 is 0.458 bits per heavy atom. The Labute approximate surface area is 588 Å². The quantitative estimate of drug-likeness (QED) is 0.264. The van der Waals surface area contributed by atoms with E-state index in [0.29, 0.717) is 77.4 Å². The summed E-state index contributed by atoms with van der Waals surface area (Å²) in [5.74, 6) is 0.330. The van der Waals surface area contributed by atoms with Crippen molar-refractivity contribution in [3.8, 4) is 0 Å². The molecule has 14 saturated heterocycles. The highest BCUT2D eigenvalue weighted by molar-refractivity contribution is 5.76. The van der Waals surface area contributed by atoms with E-state index in [2.05, 4.69) is 236 Å². The Morgan fingerprint density at radius 2 is 0.875 bits per heavy atom. The molecule has 0 aromatic heterocycles. The molecule has 14 heterocycles. The summed E-state index contributed by atoms with van der Waals surface area (Å²) in [6.07, 6.45) is 12.3. The number of likely N-dealkylation sites (tertiary alicyclic amines) is 11. The average molecular weight is 1350 g/mol. The molecule has 2 amide bonds. The highest BCUT2D eigenvalue weighted by Crippen LogP contribution is 2.41. The molecule has 14 rings (SSSR count). The van der Waals surface area contributed by atoms with Gasteiger partial charge in [-0.05, 0) is 224 Å². The standard InChI is InChI=1S/C12H24N2O.C12H22N2O.C11H22N2O.2C11H22N2.C10H18N2O2.C10H20N2/c1-12(2,3)14-9-10-7-11(14)8-13(10)5-6-15-4;1-5-11(15)13-7-10-6-9(13)8-14(10)12(2,3)4;1-11(2,3)13-8-9-6-10(13)7-12(9)4-5-14;1-11(2,3)13-7-9-5-6-10(8-13)12(9)4;1-11(2,3)13-9-5-6-10(13)8-12(4)7-9;1-10(2,3)12-5-7-4-8(12)6-14-9(13)11-7;1-10(2,3)12-7-8-5-9(12)6-11(8)4/h10-11H,5-9H2,1-4H3;9-10H,5-8H2,1-4H3;9-10,14H,4-8H2,1-3H3;2*9-10H,5-8H2,1-4H3;7-8H,4-6H2,1-3H3,(H,11,13);8-9H,5-7H2,1-4H3. The first-order valence-corrected chi connectivity index (χ1v) is 38.7. The van der Waals surface area contributed by atoms with E-state index >= 15 is 0 Å². The first-order valence-electron chi connectivity index (χ1n) is 38.7. The normalized spacial score (nSPS) is 34.7. The van der Waals surface area contributed by atoms with Gasteiger partial charge in [0.1, 0.15) is 6.61 Å². The second kappa shape index (κ2) is 31.6. The van der Waals surface area contributed by atoms with Gasteiger partial charge in [0.2, 0.25) is 5.91 Å². The summed E-state index contributed by atoms with van der Waals surface area (Å²) in [6, 6.07) is 9.73. The fourth-order valence-electron chi connectivity index (χ4n) is 20.0. The lowest BCUT2D eigenvalue weighted by molar-refractivity contribution is -0.133. The van der Waals surface area contributed by atoms with Crippen LogP contribution in [0.3, 0.4) is 0 Å². The number of alkyl carbamates (subject to hydrolysis) is 1. The molecule has 14 fully saturated rings. The Morgan fingerprint density at radius 3 is 1.25 bits per heavy atom. The summed E-state index contributed by atoms with van der Waals surface area (Å²) >= 11 is 0. The summed E-state index contributed by atoms with van der Waals surface area (Å²) in [7, 11) is 8.59. The van der Waals surface area contributed by atoms with Gasteiger partial charge in [-0.15, -0.1) is 0 Å². The number of carbonyl (C=O) groups is 2. The lowest BCUT2D eigenvalue weighted by atomic mass is 10.0. The highest BCUT2D eigenvalue weighted by Gasteiger charge is 2.51. The fourth-order valence-corrected chi connectivity index (χ4v) is 20.0. The van der Waals surface area contributed by atoms with Gasteiger partial charge in [-0.2, -0.15) is 0 Å². The number of carbonyl (C=O) groups excluding carboxylic acids is 2. The van der Waals surface area contributed by atoms with Gasteiger partial charge in [0.05, 0.1) is 13.2 Å². The van der Waals surface area contributed by atoms with E-state index in [4.69, 9.17) is 14.6 Å². The number of nitrogens with zero attached hydrogens (tertiary/aromatic N) is 13. The third-order valence-electron chi connectivity index (χ3n) is 24.7. The Bertz CT molecular complexity index is 2430. The van der Waals surface area contributed by atoms with Crippen LogP contribution in [0.1, 0.15) is 217 Å². The number of amides is 2. The molecule has 0 spiro atoms. The van der Waals surface area contributed by atoms with Crippen molar-refractivity contribution in [1.82, 2.24) is 69.0 Å². The van der Waals surface area contributed by atoms with Crippen molar-refractivity contribution in [2.75, 3.05) is 146 Å². The monoisotopic (exact) mass is 1350 g/mol. The van der Waals surface area contributed by atoms with Crippen LogP contribution in [0.2, 0.25) is 0 Å². The van der Waals surface area contributed by atoms with Gasteiger partial charge >= 0.3 is 6.09 Å². The first-order chi connectivity index (χ1) is 44.4. The molecule has 0 radical (unpaired) electrons. The molecule has 19 heteroatoms. The molecule has 19 nitrogen and oxygen atoms in total. The summed E-state index contributed by atoms with van der Waals surface area (Å²) in [4.78, 5) is 55.8. The van der Waals surface area contributed by atoms with Crippen LogP contribution >= 0.6 is 0 Å². The smallest absolute Gasteiger partial charge is 0.407 e. The van der Waals surface area contributed by atoms with Gasteiger partial charge in [0.15, 0.2) is 0 Å². The van der Waals surface area contributed by atoms with E-state index in [1.807, 2.05) is 6.92 Å². The van der Waals surface area contributed by atoms with E-state index in [-0.39, 0.29) is 23.2 Å². The van der Waals surface area contributed by atoms with E-state index in [0.717, 1.165) is 107 Å². The van der Waals surface area contributed by atoms with E-state index in [1.54, 1.807) is 7.11 Å². The van der Waals surface area contributed by atoms with Crippen molar-refractivity contribution in [2.24, 2.45) is 0 Å². The summed E-state index contributed by atoms with van der Waals surface area (Å²) in [6.45, 7) is 69.4. The number of fused-ring (bicyclic) bond motifs is 14. The van der Waals surface area contributed by atoms with Crippen LogP contribution in [-0.2, 0) is 14.3 Å². The van der Waals surface area contributed by atoms with Gasteiger partial charge in [-0.25, -0.2) is 4.79 Å². The minimum absolute atomic E-state index is 0.158. The lowest BCUT2D eigenvalue weighted by Crippen LogP contribution is -2.58. The SMILES string of the molecule is CC(C)(C)N1CC2CC1CN2CCO.CC(C)(C)N1CC2CC1COC(=O)N2.CCC(=O)N1CC2CC1CN2C(C)(C)C.CN1C2CCC1CN(C(C)(C)C)C2.CN1CC2CC1CN2C(C)(C)C.CN1CC2CCC(C1)N2C(C)(C)C.COCCN1CC2CC1CN2C(C)(C)C. The maximum atomic E-state index is 11.7. The third-order valence-corrected chi connectivity index (χ3v) is 24.7. The molecule has 14 atom stereocenters. The Kier molecular flexibility index (Phi) is 26.3. The molecule has 14 bridgehead atoms. The largest absolute Gasteiger partial charge is 0.448 e. The van der Waals surface area contributed by atoms with Gasteiger partial charge in [0.25, 0.3) is 0 Å². The molecule has 0 aliphatic carbocycles. The predicted molar refractivity (Wildman–Crippen MR) is 396 cm³/mol. The third kappa shape index (κ3) is 19.9. The van der Waals surface area contributed by atoms with Crippen molar-refractivity contribution in [3.63, 3.8) is 0 Å². The zero-order valence-electron chi connectivity index (χ0n) is 66.8. The fraction of sp³-hybridized carbons (Fsp3) is 0.974. The van der Waals surface area contributed by atoms with Crippen molar-refractivity contribution >= 4 is 12.0 Å². The predicted octanol–water partition coefficient (Wildman–Crippen LogP) is 8.47. The number of hydrogen-bond donors (Lipinski definition) is 2. The van der Waals surface area contributed by atoms with Crippen molar-refractivity contribution in [2.45, 2.75) is 340 Å². The number of piperazine rings is 6. The van der Waals surface area contributed by atoms with Gasteiger partial charge in [-0.1, -0.05) is 6.92 Å². The number of hydrogen-bond acceptors (Lipinski definition) is 17. The van der Waals surface area contributed by atoms with Gasteiger partial charge in [-0.3, -0.25) is 53.8 Å². The maximum absolute atomic E-state index is 11.7. The Hall–Kier alpha value is -1.82. The number of aliphatic hydroxyl groups is 1. The number of likely N-dealkylation sites (N-methyl/N-ethyl adjacent to an activating group) is 3. The maximum Gasteiger partial charge on any atom is 0.407 e. The van der Waals surface area contributed by atoms with Crippen molar-refractivity contribution in [3.05, 3.63) is 0 Å². The molecular formula is C77H150N14O5. The second-order valence-corrected chi connectivity index (χ2v) is 39.0. The summed E-state index contributed by atoms with van der Waals surface area (Å²) in [5, 5.41) is 11.8. The molecule has 14 aliphatic heterocycles. The van der Waals surface area contributed by atoms with Crippen molar-refractivity contribution < 1.29 is 24.2 Å². The number of ether oxygens (including phenoxy) is 2. The number of β-amino-alcohol motifs (C(OH)–C–C–N with tert-alkyl or cyclic N) is 1. The molecule has 2 N–H and O–H groups in total. The van der Waals surface area contributed by atoms with Crippen LogP contribution in [0.25, 0.3) is 0 Å². The van der Waals surface area contributed by atoms with Crippen LogP contribution in [0.5, 0.6) is 0 Å². The van der Waals surface area contributed by atoms with Crippen LogP contribution in [0.15, 0.2) is 0 Å². The van der Waals surface area contributed by atoms with Crippen LogP contribution in [-0.4, -0.2) is 350 Å². The number of rotatable bonds is 6. The summed E-state index contributed by atoms with van der Waals surface area (Å²) < 4.78 is 10.2. The minimum atomic E-state index is -0.258. The molecule has 0 aromatic carbocycles. The minimum Gasteiger partial charge on any atom is -0.448 e. The molecule has 14 unspecified atom stereocenters. The number of nitrogens with one attached hydrogen (secondary N) is 1. The van der Waals surface area contributed by atoms with Crippen LogP contribution in [0, 0.1) is 0 Å². The topological polar surface area (TPSA) is 127 Å². The van der Waals surface area contributed by atoms with E-state index in [9.17, 15) is 9.59 Å². The number of aliphatic hydroxyl groups excluding tert-OH is 1. The van der Waals surface area contributed by atoms with Crippen LogP contribution in [0.4, 0.5) is 4.79 Å². The molecule has 558 valence electrons. The van der Waals surface area contributed by atoms with Crippen LogP contribution < -0.4 is 5.32 Å². The lowest BCUT2D eigenvalue weighted by Gasteiger charge is -2.47. The second-order valence-electron chi connectivity index (χ2n) is 39.0. The molecule has 96 heavy (non-hydrogen) atoms. The Balaban J connectivity index is 0.000000143. The van der Waals surface area contributed by atoms with Crippen molar-refractivity contribution in [1.29, 1.82) is 0 Å². The van der Waals surface area contributed by atoms with Gasteiger partial charge < -0.3 is 34.6 Å². The molecular weight excluding hydrogens is 1200 g/mol. The zero-order chi connectivity index (χ0) is 71.2. The average Bonchev–Trinajstić information content (AvgIpc) is 1.61. The molecule has 0 aromatic rings. The van der Waals surface area contributed by atoms with E-state index in [1.165, 1.54) is 110 Å². The zero-order valence-corrected chi connectivity index (χ0v) is 66.8. The number of cyclic esters (lactones) is 1. The number of methoxy groups -OCH3 is 1. The molecule has 0 saturated carbocycles. The highest BCUT2D eigenvalue weighted by atomic mass is 16.6.